The van der Waals surface area contributed by atoms with Crippen LogP contribution in [0.4, 0.5) is 5.69 Å². The molecular weight excluding hydrogens is 479 g/mol. The molecule has 1 aromatic carbocycles. The number of hydrogen-bond acceptors (Lipinski definition) is 4. The van der Waals surface area contributed by atoms with Crippen molar-refractivity contribution in [2.45, 2.75) is 32.7 Å². The predicted octanol–water partition coefficient (Wildman–Crippen LogP) is 1.92. The molecule has 0 saturated carbocycles. The minimum atomic E-state index is -2.93. The average molecular weight is 508 g/mol. The summed E-state index contributed by atoms with van der Waals surface area (Å²) in [4.78, 5) is 18.1. The topological polar surface area (TPSA) is 90.9 Å². The van der Waals surface area contributed by atoms with Gasteiger partial charge in [-0.15, -0.1) is 24.0 Å². The Labute approximate surface area is 178 Å². The first-order chi connectivity index (χ1) is 12.4. The molecule has 1 aliphatic rings. The lowest BCUT2D eigenvalue weighted by Crippen LogP contribution is -2.38. The van der Waals surface area contributed by atoms with Crippen molar-refractivity contribution in [3.8, 4) is 0 Å². The first kappa shape index (κ1) is 23.7. The van der Waals surface area contributed by atoms with Crippen molar-refractivity contribution in [2.75, 3.05) is 36.5 Å². The van der Waals surface area contributed by atoms with Crippen LogP contribution in [0, 0.1) is 0 Å². The summed E-state index contributed by atoms with van der Waals surface area (Å²) in [5, 5.41) is 6.30. The highest BCUT2D eigenvalue weighted by molar-refractivity contribution is 14.0. The van der Waals surface area contributed by atoms with Gasteiger partial charge in [0.2, 0.25) is 5.91 Å². The number of aliphatic imine (C=N–C) groups is 1. The molecule has 0 bridgehead atoms. The third-order valence-electron chi connectivity index (χ3n) is 4.07. The third-order valence-corrected chi connectivity index (χ3v) is 5.10. The number of guanidine groups is 1. The average Bonchev–Trinajstić information content (AvgIpc) is 3.02. The monoisotopic (exact) mass is 508 g/mol. The van der Waals surface area contributed by atoms with Gasteiger partial charge in [-0.3, -0.25) is 4.79 Å². The lowest BCUT2D eigenvalue weighted by atomic mass is 10.2. The van der Waals surface area contributed by atoms with E-state index < -0.39 is 9.84 Å². The van der Waals surface area contributed by atoms with Crippen LogP contribution in [0.1, 0.15) is 31.7 Å². The van der Waals surface area contributed by atoms with Crippen LogP contribution in [0.5, 0.6) is 0 Å². The van der Waals surface area contributed by atoms with E-state index >= 15 is 0 Å². The van der Waals surface area contributed by atoms with E-state index in [2.05, 4.69) is 15.6 Å². The van der Waals surface area contributed by atoms with Gasteiger partial charge < -0.3 is 15.5 Å². The largest absolute Gasteiger partial charge is 0.357 e. The number of hydrogen-bond donors (Lipinski definition) is 2. The number of carbonyl (C=O) groups excluding carboxylic acids is 1. The number of carbonyl (C=O) groups is 1. The van der Waals surface area contributed by atoms with E-state index in [1.54, 1.807) is 0 Å². The van der Waals surface area contributed by atoms with E-state index in [0.717, 1.165) is 30.8 Å². The van der Waals surface area contributed by atoms with Crippen molar-refractivity contribution >= 4 is 51.4 Å². The van der Waals surface area contributed by atoms with Crippen LogP contribution >= 0.6 is 24.0 Å². The molecule has 0 spiro atoms. The van der Waals surface area contributed by atoms with Crippen molar-refractivity contribution in [2.24, 2.45) is 4.99 Å². The van der Waals surface area contributed by atoms with E-state index in [-0.39, 0.29) is 35.6 Å². The normalized spacial score (nSPS) is 14.8. The zero-order valence-corrected chi connectivity index (χ0v) is 19.0. The van der Waals surface area contributed by atoms with Gasteiger partial charge in [0.1, 0.15) is 9.84 Å². The Morgan fingerprint density at radius 2 is 1.93 bits per heavy atom. The van der Waals surface area contributed by atoms with Crippen molar-refractivity contribution < 1.29 is 13.2 Å². The second-order valence-corrected chi connectivity index (χ2v) is 8.68. The molecule has 2 N–H and O–H groups in total. The van der Waals surface area contributed by atoms with Crippen molar-refractivity contribution in [1.82, 2.24) is 10.6 Å². The van der Waals surface area contributed by atoms with Crippen LogP contribution in [-0.2, 0) is 21.2 Å². The summed E-state index contributed by atoms with van der Waals surface area (Å²) in [6.07, 6.45) is 3.33. The Morgan fingerprint density at radius 3 is 2.48 bits per heavy atom. The molecule has 1 amide bonds. The van der Waals surface area contributed by atoms with Gasteiger partial charge in [-0.25, -0.2) is 13.4 Å². The Hall–Kier alpha value is -1.36. The maximum atomic E-state index is 11.8. The quantitative estimate of drug-likeness (QED) is 0.243. The number of benzene rings is 1. The van der Waals surface area contributed by atoms with Gasteiger partial charge in [0.15, 0.2) is 5.96 Å². The van der Waals surface area contributed by atoms with E-state index in [1.165, 1.54) is 6.26 Å². The van der Waals surface area contributed by atoms with Gasteiger partial charge in [-0.2, -0.15) is 0 Å². The Bertz CT molecular complexity index is 735. The Kier molecular flexibility index (Phi) is 10.1. The number of anilines is 1. The maximum Gasteiger partial charge on any atom is 0.227 e. The van der Waals surface area contributed by atoms with Crippen LogP contribution in [-0.4, -0.2) is 51.9 Å². The molecule has 0 atom stereocenters. The Morgan fingerprint density at radius 1 is 1.22 bits per heavy atom. The zero-order valence-electron chi connectivity index (χ0n) is 15.9. The van der Waals surface area contributed by atoms with E-state index in [0.29, 0.717) is 31.9 Å². The first-order valence-corrected chi connectivity index (χ1v) is 11.0. The standard InChI is InChI=1S/C18H28N4O3S.HI/c1-3-19-18(20-11-5-13-26(2,24)25)21-14-15-7-9-16(10-8-15)22-12-4-6-17(22)23;/h7-10H,3-6,11-14H2,1-2H3,(H2,19,20,21);1H. The van der Waals surface area contributed by atoms with Crippen LogP contribution in [0.15, 0.2) is 29.3 Å². The minimum Gasteiger partial charge on any atom is -0.357 e. The van der Waals surface area contributed by atoms with Gasteiger partial charge in [0.25, 0.3) is 0 Å². The SMILES string of the molecule is CCNC(=NCc1ccc(N2CCCC2=O)cc1)NCCCS(C)(=O)=O.I. The Balaban J connectivity index is 0.00000364. The lowest BCUT2D eigenvalue weighted by Gasteiger charge is -2.16. The molecule has 1 fully saturated rings. The molecular formula is C18H29IN4O3S. The lowest BCUT2D eigenvalue weighted by molar-refractivity contribution is -0.117. The smallest absolute Gasteiger partial charge is 0.227 e. The summed E-state index contributed by atoms with van der Waals surface area (Å²) in [6, 6.07) is 7.89. The predicted molar refractivity (Wildman–Crippen MR) is 121 cm³/mol. The molecule has 2 rings (SSSR count). The summed E-state index contributed by atoms with van der Waals surface area (Å²) in [7, 11) is -2.93. The fraction of sp³-hybridized carbons (Fsp3) is 0.556. The highest BCUT2D eigenvalue weighted by atomic mass is 127. The zero-order chi connectivity index (χ0) is 19.0. The number of rotatable bonds is 8. The number of nitrogens with one attached hydrogen (secondary N) is 2. The van der Waals surface area contributed by atoms with E-state index in [9.17, 15) is 13.2 Å². The second kappa shape index (κ2) is 11.5. The summed E-state index contributed by atoms with van der Waals surface area (Å²) in [6.45, 7) is 4.56. The number of halogens is 1. The fourth-order valence-corrected chi connectivity index (χ4v) is 3.42. The molecule has 1 aromatic rings. The van der Waals surface area contributed by atoms with Crippen LogP contribution in [0.25, 0.3) is 0 Å². The van der Waals surface area contributed by atoms with Crippen LogP contribution in [0.3, 0.4) is 0 Å². The molecule has 7 nitrogen and oxygen atoms in total. The van der Waals surface area contributed by atoms with Crippen molar-refractivity contribution in [1.29, 1.82) is 0 Å². The van der Waals surface area contributed by atoms with Crippen molar-refractivity contribution in [3.05, 3.63) is 29.8 Å². The molecule has 152 valence electrons. The van der Waals surface area contributed by atoms with Crippen molar-refractivity contribution in [3.63, 3.8) is 0 Å². The first-order valence-electron chi connectivity index (χ1n) is 8.98. The minimum absolute atomic E-state index is 0. The number of amides is 1. The molecule has 0 aromatic heterocycles. The van der Waals surface area contributed by atoms with Crippen LogP contribution < -0.4 is 15.5 Å². The summed E-state index contributed by atoms with van der Waals surface area (Å²) >= 11 is 0. The highest BCUT2D eigenvalue weighted by Crippen LogP contribution is 2.21. The molecule has 1 heterocycles. The molecule has 27 heavy (non-hydrogen) atoms. The van der Waals surface area contributed by atoms with Gasteiger partial charge in [-0.05, 0) is 37.5 Å². The van der Waals surface area contributed by atoms with Crippen LogP contribution in [0.2, 0.25) is 0 Å². The van der Waals surface area contributed by atoms with Gasteiger partial charge in [0, 0.05) is 38.0 Å². The van der Waals surface area contributed by atoms with Gasteiger partial charge >= 0.3 is 0 Å². The summed E-state index contributed by atoms with van der Waals surface area (Å²) in [5.74, 6) is 1.01. The maximum absolute atomic E-state index is 11.8. The molecule has 1 saturated heterocycles. The number of nitrogens with zero attached hydrogens (tertiary/aromatic N) is 2. The summed E-state index contributed by atoms with van der Waals surface area (Å²) in [5.41, 5.74) is 1.99. The molecule has 9 heteroatoms. The highest BCUT2D eigenvalue weighted by Gasteiger charge is 2.21. The third kappa shape index (κ3) is 8.46. The van der Waals surface area contributed by atoms with Gasteiger partial charge in [0.05, 0.1) is 12.3 Å². The second-order valence-electron chi connectivity index (χ2n) is 6.42. The molecule has 0 radical (unpaired) electrons. The number of sulfone groups is 1. The molecule has 0 unspecified atom stereocenters. The summed E-state index contributed by atoms with van der Waals surface area (Å²) < 4.78 is 22.3. The fourth-order valence-electron chi connectivity index (χ4n) is 2.76. The van der Waals surface area contributed by atoms with E-state index in [1.807, 2.05) is 36.1 Å². The molecule has 0 aliphatic carbocycles. The van der Waals surface area contributed by atoms with Gasteiger partial charge in [-0.1, -0.05) is 12.1 Å². The molecule has 1 aliphatic heterocycles. The van der Waals surface area contributed by atoms with E-state index in [4.69, 9.17) is 0 Å².